The van der Waals surface area contributed by atoms with E-state index in [0.29, 0.717) is 11.3 Å². The lowest BCUT2D eigenvalue weighted by molar-refractivity contribution is 0.0970. The molecule has 0 saturated carbocycles. The molecule has 0 aromatic heterocycles. The molecule has 4 nitrogen and oxygen atoms in total. The SMILES string of the molecule is COc1ccc(Br)cc1C(=O)NC#N. The molecular formula is C9H7BrN2O2. The molecule has 0 saturated heterocycles. The van der Waals surface area contributed by atoms with Crippen molar-refractivity contribution in [1.82, 2.24) is 5.32 Å². The van der Waals surface area contributed by atoms with Crippen molar-refractivity contribution in [3.05, 3.63) is 28.2 Å². The fourth-order valence-corrected chi connectivity index (χ4v) is 1.34. The maximum atomic E-state index is 11.3. The quantitative estimate of drug-likeness (QED) is 0.645. The van der Waals surface area contributed by atoms with Gasteiger partial charge in [0.05, 0.1) is 12.7 Å². The third-order valence-electron chi connectivity index (χ3n) is 1.58. The van der Waals surface area contributed by atoms with Gasteiger partial charge in [0.1, 0.15) is 5.75 Å². The monoisotopic (exact) mass is 254 g/mol. The van der Waals surface area contributed by atoms with Crippen molar-refractivity contribution < 1.29 is 9.53 Å². The molecule has 0 aliphatic carbocycles. The fraction of sp³-hybridized carbons (Fsp3) is 0.111. The molecule has 0 spiro atoms. The molecule has 1 aromatic rings. The second kappa shape index (κ2) is 4.63. The van der Waals surface area contributed by atoms with Crippen LogP contribution in [0, 0.1) is 11.5 Å². The van der Waals surface area contributed by atoms with Crippen molar-refractivity contribution in [2.45, 2.75) is 0 Å². The summed E-state index contributed by atoms with van der Waals surface area (Å²) in [6, 6.07) is 4.99. The van der Waals surface area contributed by atoms with E-state index in [-0.39, 0.29) is 0 Å². The Bertz CT molecular complexity index is 398. The van der Waals surface area contributed by atoms with E-state index in [2.05, 4.69) is 15.9 Å². The number of nitrogens with zero attached hydrogens (tertiary/aromatic N) is 1. The summed E-state index contributed by atoms with van der Waals surface area (Å²) in [5.41, 5.74) is 0.323. The number of methoxy groups -OCH3 is 1. The van der Waals surface area contributed by atoms with Crippen molar-refractivity contribution in [3.63, 3.8) is 0 Å². The Kier molecular flexibility index (Phi) is 3.48. The maximum absolute atomic E-state index is 11.3. The summed E-state index contributed by atoms with van der Waals surface area (Å²) in [6.45, 7) is 0. The van der Waals surface area contributed by atoms with Gasteiger partial charge >= 0.3 is 0 Å². The zero-order valence-corrected chi connectivity index (χ0v) is 8.96. The highest BCUT2D eigenvalue weighted by molar-refractivity contribution is 9.10. The van der Waals surface area contributed by atoms with Crippen LogP contribution in [0.5, 0.6) is 5.75 Å². The molecule has 1 aromatic carbocycles. The average molecular weight is 255 g/mol. The fourth-order valence-electron chi connectivity index (χ4n) is 0.976. The van der Waals surface area contributed by atoms with Gasteiger partial charge in [0.25, 0.3) is 5.91 Å². The van der Waals surface area contributed by atoms with Crippen LogP contribution in [0.1, 0.15) is 10.4 Å². The van der Waals surface area contributed by atoms with E-state index in [0.717, 1.165) is 4.47 Å². The molecule has 0 unspecified atom stereocenters. The number of nitrogens with one attached hydrogen (secondary N) is 1. The summed E-state index contributed by atoms with van der Waals surface area (Å²) in [6.07, 6.45) is 1.57. The summed E-state index contributed by atoms with van der Waals surface area (Å²) < 4.78 is 5.73. The number of rotatable bonds is 2. The van der Waals surface area contributed by atoms with Crippen LogP contribution in [-0.4, -0.2) is 13.0 Å². The third kappa shape index (κ3) is 2.24. The number of carbonyl (C=O) groups excluding carboxylic acids is 1. The topological polar surface area (TPSA) is 62.1 Å². The smallest absolute Gasteiger partial charge is 0.268 e. The summed E-state index contributed by atoms with van der Waals surface area (Å²) >= 11 is 3.23. The van der Waals surface area contributed by atoms with Crippen LogP contribution in [0.25, 0.3) is 0 Å². The zero-order valence-electron chi connectivity index (χ0n) is 7.37. The van der Waals surface area contributed by atoms with Gasteiger partial charge in [-0.2, -0.15) is 5.26 Å². The molecular weight excluding hydrogens is 248 g/mol. The average Bonchev–Trinajstić information content (AvgIpc) is 2.18. The summed E-state index contributed by atoms with van der Waals surface area (Å²) in [5, 5.41) is 10.3. The molecule has 5 heteroatoms. The molecule has 1 amide bonds. The minimum absolute atomic E-state index is 0.323. The molecule has 72 valence electrons. The highest BCUT2D eigenvalue weighted by atomic mass is 79.9. The van der Waals surface area contributed by atoms with Crippen molar-refractivity contribution in [2.75, 3.05) is 7.11 Å². The molecule has 0 aliphatic heterocycles. The van der Waals surface area contributed by atoms with Gasteiger partial charge in [0.2, 0.25) is 0 Å². The first-order valence-electron chi connectivity index (χ1n) is 3.72. The second-order valence-corrected chi connectivity index (χ2v) is 3.33. The van der Waals surface area contributed by atoms with Gasteiger partial charge in [0.15, 0.2) is 6.19 Å². The molecule has 0 radical (unpaired) electrons. The number of hydrogen-bond donors (Lipinski definition) is 1. The van der Waals surface area contributed by atoms with E-state index in [9.17, 15) is 4.79 Å². The van der Waals surface area contributed by atoms with E-state index >= 15 is 0 Å². The number of nitriles is 1. The molecule has 0 atom stereocenters. The molecule has 0 bridgehead atoms. The van der Waals surface area contributed by atoms with Gasteiger partial charge in [-0.1, -0.05) is 15.9 Å². The molecule has 1 rings (SSSR count). The van der Waals surface area contributed by atoms with E-state index in [1.807, 2.05) is 5.32 Å². The number of ether oxygens (including phenoxy) is 1. The number of hydrogen-bond acceptors (Lipinski definition) is 3. The minimum Gasteiger partial charge on any atom is -0.496 e. The Morgan fingerprint density at radius 1 is 1.64 bits per heavy atom. The van der Waals surface area contributed by atoms with Crippen molar-refractivity contribution in [1.29, 1.82) is 5.26 Å². The van der Waals surface area contributed by atoms with Crippen LogP contribution in [0.3, 0.4) is 0 Å². The van der Waals surface area contributed by atoms with Crippen molar-refractivity contribution in [2.24, 2.45) is 0 Å². The van der Waals surface area contributed by atoms with Crippen LogP contribution in [0.2, 0.25) is 0 Å². The van der Waals surface area contributed by atoms with Crippen LogP contribution < -0.4 is 10.1 Å². The highest BCUT2D eigenvalue weighted by Gasteiger charge is 2.11. The summed E-state index contributed by atoms with van der Waals surface area (Å²) in [7, 11) is 1.46. The number of benzene rings is 1. The third-order valence-corrected chi connectivity index (χ3v) is 2.07. The lowest BCUT2D eigenvalue weighted by Crippen LogP contribution is -2.18. The van der Waals surface area contributed by atoms with E-state index in [1.165, 1.54) is 7.11 Å². The van der Waals surface area contributed by atoms with Gasteiger partial charge in [-0.25, -0.2) is 0 Å². The van der Waals surface area contributed by atoms with Crippen molar-refractivity contribution in [3.8, 4) is 11.9 Å². The molecule has 1 N–H and O–H groups in total. The Morgan fingerprint density at radius 3 is 2.93 bits per heavy atom. The van der Waals surface area contributed by atoms with Gasteiger partial charge in [-0.3, -0.25) is 10.1 Å². The highest BCUT2D eigenvalue weighted by Crippen LogP contribution is 2.22. The van der Waals surface area contributed by atoms with Gasteiger partial charge in [0, 0.05) is 4.47 Å². The van der Waals surface area contributed by atoms with E-state index < -0.39 is 5.91 Å². The summed E-state index contributed by atoms with van der Waals surface area (Å²) in [5.74, 6) is -0.0494. The minimum atomic E-state index is -0.481. The largest absolute Gasteiger partial charge is 0.496 e. The first-order valence-corrected chi connectivity index (χ1v) is 4.51. The Morgan fingerprint density at radius 2 is 2.36 bits per heavy atom. The lowest BCUT2D eigenvalue weighted by atomic mass is 10.2. The van der Waals surface area contributed by atoms with Gasteiger partial charge in [-0.05, 0) is 18.2 Å². The Hall–Kier alpha value is -1.54. The zero-order chi connectivity index (χ0) is 10.6. The van der Waals surface area contributed by atoms with Crippen molar-refractivity contribution >= 4 is 21.8 Å². The van der Waals surface area contributed by atoms with Crippen LogP contribution in [0.4, 0.5) is 0 Å². The number of amides is 1. The van der Waals surface area contributed by atoms with E-state index in [1.54, 1.807) is 24.4 Å². The second-order valence-electron chi connectivity index (χ2n) is 2.41. The standard InChI is InChI=1S/C9H7BrN2O2/c1-14-8-3-2-6(10)4-7(8)9(13)12-5-11/h2-4H,1H3,(H,12,13). The van der Waals surface area contributed by atoms with Gasteiger partial charge in [-0.15, -0.1) is 0 Å². The number of carbonyl (C=O) groups is 1. The van der Waals surface area contributed by atoms with Crippen LogP contribution >= 0.6 is 15.9 Å². The lowest BCUT2D eigenvalue weighted by Gasteiger charge is -2.06. The Labute approximate surface area is 89.6 Å². The van der Waals surface area contributed by atoms with E-state index in [4.69, 9.17) is 10.00 Å². The first kappa shape index (κ1) is 10.5. The maximum Gasteiger partial charge on any atom is 0.268 e. The van der Waals surface area contributed by atoms with Gasteiger partial charge < -0.3 is 4.74 Å². The number of halogens is 1. The molecule has 0 aliphatic rings. The normalized spacial score (nSPS) is 8.93. The first-order chi connectivity index (χ1) is 6.69. The predicted octanol–water partition coefficient (Wildman–Crippen LogP) is 1.67. The predicted molar refractivity (Wildman–Crippen MR) is 53.8 cm³/mol. The molecule has 0 heterocycles. The summed E-state index contributed by atoms with van der Waals surface area (Å²) in [4.78, 5) is 11.3. The van der Waals surface area contributed by atoms with Crippen LogP contribution in [-0.2, 0) is 0 Å². The molecule has 0 fully saturated rings. The van der Waals surface area contributed by atoms with Crippen LogP contribution in [0.15, 0.2) is 22.7 Å². The molecule has 14 heavy (non-hydrogen) atoms. The Balaban J connectivity index is 3.11.